The molecule has 0 N–H and O–H groups in total. The first-order valence-electron chi connectivity index (χ1n) is 7.14. The Hall–Kier alpha value is -2.58. The predicted octanol–water partition coefficient (Wildman–Crippen LogP) is 2.82. The predicted molar refractivity (Wildman–Crippen MR) is 98.2 cm³/mol. The van der Waals surface area contributed by atoms with Gasteiger partial charge in [0.2, 0.25) is 5.89 Å². The van der Waals surface area contributed by atoms with Gasteiger partial charge >= 0.3 is 0 Å². The molecular formula is C16H32N8O. The molecule has 3 aromatic heterocycles. The second-order valence-electron chi connectivity index (χ2n) is 5.02. The van der Waals surface area contributed by atoms with Crippen LogP contribution in [0.15, 0.2) is 4.52 Å². The van der Waals surface area contributed by atoms with E-state index in [4.69, 9.17) is 0 Å². The number of aryl methyl sites for hydroxylation is 8. The molecule has 25 heavy (non-hydrogen) atoms. The normalized spacial score (nSPS) is 8.96. The lowest BCUT2D eigenvalue weighted by atomic mass is 10.7. The first-order chi connectivity index (χ1) is 10.7. The van der Waals surface area contributed by atoms with Gasteiger partial charge in [0.15, 0.2) is 5.82 Å². The van der Waals surface area contributed by atoms with E-state index in [0.29, 0.717) is 11.7 Å². The second-order valence-corrected chi connectivity index (χ2v) is 5.02. The Bertz CT molecular complexity index is 641. The average molecular weight is 352 g/mol. The molecule has 0 aromatic carbocycles. The van der Waals surface area contributed by atoms with Crippen molar-refractivity contribution in [1.29, 1.82) is 0 Å². The minimum Gasteiger partial charge on any atom is -0.340 e. The number of aromatic nitrogens is 8. The second kappa shape index (κ2) is 11.1. The third kappa shape index (κ3) is 8.73. The van der Waals surface area contributed by atoms with Gasteiger partial charge in [0.1, 0.15) is 23.3 Å². The van der Waals surface area contributed by atoms with Gasteiger partial charge in [0, 0.05) is 21.0 Å². The Labute approximate surface area is 150 Å². The Morgan fingerprint density at radius 1 is 0.640 bits per heavy atom. The SMILES string of the molecule is C.C.Cc1nc(C)n(C)n1.Cc1nc(C)n(C)n1.Cc1noc(C)n1. The van der Waals surface area contributed by atoms with Crippen molar-refractivity contribution in [2.24, 2.45) is 14.1 Å². The molecule has 3 rings (SSSR count). The van der Waals surface area contributed by atoms with E-state index < -0.39 is 0 Å². The maximum absolute atomic E-state index is 4.60. The van der Waals surface area contributed by atoms with Crippen LogP contribution in [0.25, 0.3) is 0 Å². The van der Waals surface area contributed by atoms with E-state index in [-0.39, 0.29) is 14.9 Å². The lowest BCUT2D eigenvalue weighted by Gasteiger charge is -1.84. The van der Waals surface area contributed by atoms with Gasteiger partial charge in [0.25, 0.3) is 0 Å². The zero-order valence-corrected chi connectivity index (χ0v) is 15.0. The Kier molecular flexibility index (Phi) is 10.9. The van der Waals surface area contributed by atoms with E-state index >= 15 is 0 Å². The van der Waals surface area contributed by atoms with Gasteiger partial charge in [0.05, 0.1) is 0 Å². The Morgan fingerprint density at radius 2 is 1.04 bits per heavy atom. The highest BCUT2D eigenvalue weighted by atomic mass is 16.5. The van der Waals surface area contributed by atoms with Gasteiger partial charge in [-0.1, -0.05) is 20.0 Å². The summed E-state index contributed by atoms with van der Waals surface area (Å²) in [6.45, 7) is 11.2. The first kappa shape index (κ1) is 24.7. The van der Waals surface area contributed by atoms with Crippen LogP contribution in [0.3, 0.4) is 0 Å². The Morgan fingerprint density at radius 3 is 1.12 bits per heavy atom. The van der Waals surface area contributed by atoms with Gasteiger partial charge in [-0.2, -0.15) is 15.2 Å². The number of nitrogens with zero attached hydrogens (tertiary/aromatic N) is 8. The van der Waals surface area contributed by atoms with E-state index in [1.807, 2.05) is 41.8 Å². The molecule has 0 saturated heterocycles. The zero-order valence-electron chi connectivity index (χ0n) is 15.0. The summed E-state index contributed by atoms with van der Waals surface area (Å²) in [7, 11) is 3.77. The number of rotatable bonds is 0. The van der Waals surface area contributed by atoms with Gasteiger partial charge in [-0.3, -0.25) is 9.36 Å². The van der Waals surface area contributed by atoms with E-state index in [1.165, 1.54) is 0 Å². The molecule has 9 nitrogen and oxygen atoms in total. The topological polar surface area (TPSA) is 100 Å². The molecule has 0 bridgehead atoms. The molecule has 142 valence electrons. The van der Waals surface area contributed by atoms with E-state index in [1.54, 1.807) is 23.2 Å². The van der Waals surface area contributed by atoms with Gasteiger partial charge < -0.3 is 4.52 Å². The van der Waals surface area contributed by atoms with Crippen molar-refractivity contribution in [2.75, 3.05) is 0 Å². The van der Waals surface area contributed by atoms with Crippen molar-refractivity contribution < 1.29 is 4.52 Å². The molecule has 0 fully saturated rings. The van der Waals surface area contributed by atoms with E-state index in [9.17, 15) is 0 Å². The van der Waals surface area contributed by atoms with Crippen molar-refractivity contribution >= 4 is 0 Å². The van der Waals surface area contributed by atoms with Crippen LogP contribution in [0.5, 0.6) is 0 Å². The van der Waals surface area contributed by atoms with Crippen LogP contribution in [-0.4, -0.2) is 39.7 Å². The molecule has 3 heterocycles. The summed E-state index contributed by atoms with van der Waals surface area (Å²) in [5, 5.41) is 11.6. The largest absolute Gasteiger partial charge is 0.340 e. The number of hydrogen-bond donors (Lipinski definition) is 0. The lowest BCUT2D eigenvalue weighted by Crippen LogP contribution is -1.92. The molecule has 9 heteroatoms. The zero-order chi connectivity index (χ0) is 17.6. The Balaban J connectivity index is 0. The van der Waals surface area contributed by atoms with E-state index in [2.05, 4.69) is 34.8 Å². The minimum absolute atomic E-state index is 0. The van der Waals surface area contributed by atoms with Crippen molar-refractivity contribution in [2.45, 2.75) is 56.4 Å². The highest BCUT2D eigenvalue weighted by Gasteiger charge is 1.94. The molecule has 3 aromatic rings. The highest BCUT2D eigenvalue weighted by molar-refractivity contribution is 4.86. The summed E-state index contributed by atoms with van der Waals surface area (Å²) in [6.07, 6.45) is 0. The van der Waals surface area contributed by atoms with Gasteiger partial charge in [-0.25, -0.2) is 9.97 Å². The van der Waals surface area contributed by atoms with Crippen molar-refractivity contribution in [3.8, 4) is 0 Å². The maximum Gasteiger partial charge on any atom is 0.223 e. The molecule has 0 saturated carbocycles. The molecule has 0 aliphatic rings. The van der Waals surface area contributed by atoms with Gasteiger partial charge in [-0.15, -0.1) is 0 Å². The molecule has 0 aliphatic carbocycles. The van der Waals surface area contributed by atoms with Crippen LogP contribution in [0.1, 0.15) is 49.9 Å². The van der Waals surface area contributed by atoms with Crippen LogP contribution >= 0.6 is 0 Å². The molecule has 0 unspecified atom stereocenters. The fourth-order valence-corrected chi connectivity index (χ4v) is 1.64. The summed E-state index contributed by atoms with van der Waals surface area (Å²) in [5.74, 6) is 4.91. The summed E-state index contributed by atoms with van der Waals surface area (Å²) in [6, 6.07) is 0. The molecule has 0 atom stereocenters. The molecular weight excluding hydrogens is 320 g/mol. The lowest BCUT2D eigenvalue weighted by molar-refractivity contribution is 0.389. The van der Waals surface area contributed by atoms with E-state index in [0.717, 1.165) is 23.3 Å². The monoisotopic (exact) mass is 352 g/mol. The molecule has 0 amide bonds. The third-order valence-corrected chi connectivity index (χ3v) is 2.80. The fourth-order valence-electron chi connectivity index (χ4n) is 1.64. The summed E-state index contributed by atoms with van der Waals surface area (Å²) in [5.41, 5.74) is 0. The highest BCUT2D eigenvalue weighted by Crippen LogP contribution is 1.91. The summed E-state index contributed by atoms with van der Waals surface area (Å²) in [4.78, 5) is 12.0. The smallest absolute Gasteiger partial charge is 0.223 e. The standard InChI is InChI=1S/2C5H9N3.C4H6N2O.2CH4/c2*1-4-6-5(2)8(3)7-4;1-3-5-4(2)7-6-3;;/h2*1-3H3;1-2H3;2*1H4. The first-order valence-corrected chi connectivity index (χ1v) is 7.14. The fraction of sp³-hybridized carbons (Fsp3) is 0.625. The number of hydrogen-bond acceptors (Lipinski definition) is 7. The molecule has 0 aliphatic heterocycles. The maximum atomic E-state index is 4.60. The van der Waals surface area contributed by atoms with Crippen molar-refractivity contribution in [3.63, 3.8) is 0 Å². The van der Waals surface area contributed by atoms with Crippen LogP contribution in [-0.2, 0) is 14.1 Å². The molecule has 0 radical (unpaired) electrons. The third-order valence-electron chi connectivity index (χ3n) is 2.80. The molecule has 0 spiro atoms. The van der Waals surface area contributed by atoms with Crippen molar-refractivity contribution in [1.82, 2.24) is 39.7 Å². The van der Waals surface area contributed by atoms with Crippen molar-refractivity contribution in [3.05, 3.63) is 35.0 Å². The average Bonchev–Trinajstić information content (AvgIpc) is 3.04. The van der Waals surface area contributed by atoms with Crippen LogP contribution in [0.4, 0.5) is 0 Å². The summed E-state index contributed by atoms with van der Waals surface area (Å²) < 4.78 is 8.12. The van der Waals surface area contributed by atoms with Crippen LogP contribution in [0, 0.1) is 41.5 Å². The van der Waals surface area contributed by atoms with Gasteiger partial charge in [-0.05, 0) is 34.6 Å². The summed E-state index contributed by atoms with van der Waals surface area (Å²) >= 11 is 0. The van der Waals surface area contributed by atoms with Crippen LogP contribution in [0.2, 0.25) is 0 Å². The quantitative estimate of drug-likeness (QED) is 0.613. The van der Waals surface area contributed by atoms with Crippen LogP contribution < -0.4 is 0 Å². The minimum atomic E-state index is 0.